The standard InChI is InChI=1S/C11H14ClN3O3/c12-8-5-7(11(17)18)6-10(15-8)14-4-2-1-3-9(13)16/h5-6H,1-4H2,(H2,13,16)(H,14,15)(H,17,18). The van der Waals surface area contributed by atoms with Gasteiger partial charge in [0.05, 0.1) is 5.56 Å². The van der Waals surface area contributed by atoms with E-state index >= 15 is 0 Å². The molecule has 98 valence electrons. The minimum Gasteiger partial charge on any atom is -0.478 e. The summed E-state index contributed by atoms with van der Waals surface area (Å²) in [6, 6.07) is 2.68. The third-order valence-electron chi connectivity index (χ3n) is 2.20. The number of nitrogens with one attached hydrogen (secondary N) is 1. The maximum Gasteiger partial charge on any atom is 0.335 e. The van der Waals surface area contributed by atoms with Gasteiger partial charge in [0.2, 0.25) is 5.91 Å². The molecule has 0 aliphatic heterocycles. The van der Waals surface area contributed by atoms with Crippen LogP contribution in [0.2, 0.25) is 5.15 Å². The lowest BCUT2D eigenvalue weighted by Gasteiger charge is -2.06. The first-order valence-corrected chi connectivity index (χ1v) is 5.80. The molecule has 0 unspecified atom stereocenters. The summed E-state index contributed by atoms with van der Waals surface area (Å²) >= 11 is 5.70. The van der Waals surface area contributed by atoms with Crippen LogP contribution in [-0.2, 0) is 4.79 Å². The molecule has 0 bridgehead atoms. The molecule has 1 aromatic heterocycles. The van der Waals surface area contributed by atoms with Crippen molar-refractivity contribution in [1.29, 1.82) is 0 Å². The molecule has 0 radical (unpaired) electrons. The fraction of sp³-hybridized carbons (Fsp3) is 0.364. The summed E-state index contributed by atoms with van der Waals surface area (Å²) < 4.78 is 0. The fourth-order valence-corrected chi connectivity index (χ4v) is 1.56. The van der Waals surface area contributed by atoms with Gasteiger partial charge in [0, 0.05) is 13.0 Å². The monoisotopic (exact) mass is 271 g/mol. The second kappa shape index (κ2) is 6.80. The van der Waals surface area contributed by atoms with E-state index in [9.17, 15) is 9.59 Å². The zero-order chi connectivity index (χ0) is 13.5. The van der Waals surface area contributed by atoms with E-state index in [2.05, 4.69) is 10.3 Å². The Morgan fingerprint density at radius 3 is 2.72 bits per heavy atom. The lowest BCUT2D eigenvalue weighted by molar-refractivity contribution is -0.118. The van der Waals surface area contributed by atoms with Crippen LogP contribution in [0.5, 0.6) is 0 Å². The number of rotatable bonds is 7. The minimum absolute atomic E-state index is 0.0784. The highest BCUT2D eigenvalue weighted by atomic mass is 35.5. The van der Waals surface area contributed by atoms with Crippen molar-refractivity contribution in [2.45, 2.75) is 19.3 Å². The lowest BCUT2D eigenvalue weighted by Crippen LogP contribution is -2.11. The van der Waals surface area contributed by atoms with Crippen LogP contribution in [-0.4, -0.2) is 28.5 Å². The van der Waals surface area contributed by atoms with E-state index in [0.29, 0.717) is 25.2 Å². The summed E-state index contributed by atoms with van der Waals surface area (Å²) in [7, 11) is 0. The van der Waals surface area contributed by atoms with Crippen molar-refractivity contribution in [2.24, 2.45) is 5.73 Å². The maximum atomic E-state index is 10.8. The second-order valence-electron chi connectivity index (χ2n) is 3.72. The summed E-state index contributed by atoms with van der Waals surface area (Å²) in [4.78, 5) is 25.2. The number of nitrogens with zero attached hydrogens (tertiary/aromatic N) is 1. The largest absolute Gasteiger partial charge is 0.478 e. The van der Waals surface area contributed by atoms with Crippen molar-refractivity contribution in [3.05, 3.63) is 22.8 Å². The van der Waals surface area contributed by atoms with Crippen LogP contribution in [0.25, 0.3) is 0 Å². The zero-order valence-electron chi connectivity index (χ0n) is 9.65. The Labute approximate surface area is 109 Å². The first-order valence-electron chi connectivity index (χ1n) is 5.42. The molecule has 18 heavy (non-hydrogen) atoms. The first kappa shape index (κ1) is 14.2. The number of unbranched alkanes of at least 4 members (excludes halogenated alkanes) is 1. The number of carboxylic acids is 1. The fourth-order valence-electron chi connectivity index (χ4n) is 1.35. The number of amides is 1. The Balaban J connectivity index is 2.47. The zero-order valence-corrected chi connectivity index (χ0v) is 10.4. The van der Waals surface area contributed by atoms with Crippen LogP contribution in [0.3, 0.4) is 0 Å². The number of primary amides is 1. The molecule has 1 heterocycles. The highest BCUT2D eigenvalue weighted by molar-refractivity contribution is 6.29. The van der Waals surface area contributed by atoms with Crippen molar-refractivity contribution in [1.82, 2.24) is 4.98 Å². The molecule has 0 saturated carbocycles. The van der Waals surface area contributed by atoms with Gasteiger partial charge in [-0.05, 0) is 25.0 Å². The van der Waals surface area contributed by atoms with Gasteiger partial charge >= 0.3 is 5.97 Å². The average Bonchev–Trinajstić information content (AvgIpc) is 2.27. The van der Waals surface area contributed by atoms with Gasteiger partial charge in [-0.2, -0.15) is 0 Å². The van der Waals surface area contributed by atoms with Gasteiger partial charge in [0.25, 0.3) is 0 Å². The molecule has 0 aliphatic rings. The quantitative estimate of drug-likeness (QED) is 0.515. The average molecular weight is 272 g/mol. The summed E-state index contributed by atoms with van der Waals surface area (Å²) in [5.74, 6) is -0.987. The Morgan fingerprint density at radius 1 is 1.39 bits per heavy atom. The van der Waals surface area contributed by atoms with Crippen LogP contribution in [0.4, 0.5) is 5.82 Å². The van der Waals surface area contributed by atoms with Crippen molar-refractivity contribution >= 4 is 29.3 Å². The SMILES string of the molecule is NC(=O)CCCCNc1cc(C(=O)O)cc(Cl)n1. The van der Waals surface area contributed by atoms with Gasteiger partial charge in [0.1, 0.15) is 11.0 Å². The molecule has 1 amide bonds. The molecule has 0 aromatic carbocycles. The van der Waals surface area contributed by atoms with E-state index in [1.54, 1.807) is 0 Å². The van der Waals surface area contributed by atoms with Crippen molar-refractivity contribution in [2.75, 3.05) is 11.9 Å². The van der Waals surface area contributed by atoms with Gasteiger partial charge in [-0.1, -0.05) is 11.6 Å². The van der Waals surface area contributed by atoms with Crippen molar-refractivity contribution in [3.8, 4) is 0 Å². The topological polar surface area (TPSA) is 105 Å². The molecular formula is C11H14ClN3O3. The predicted molar refractivity (Wildman–Crippen MR) is 67.7 cm³/mol. The third-order valence-corrected chi connectivity index (χ3v) is 2.39. The van der Waals surface area contributed by atoms with Crippen molar-refractivity contribution < 1.29 is 14.7 Å². The normalized spacial score (nSPS) is 10.1. The first-order chi connectivity index (χ1) is 8.49. The van der Waals surface area contributed by atoms with Crippen molar-refractivity contribution in [3.63, 3.8) is 0 Å². The van der Waals surface area contributed by atoms with Gasteiger partial charge in [-0.3, -0.25) is 4.79 Å². The number of halogens is 1. The van der Waals surface area contributed by atoms with E-state index in [-0.39, 0.29) is 16.6 Å². The summed E-state index contributed by atoms with van der Waals surface area (Å²) in [6.45, 7) is 0.569. The van der Waals surface area contributed by atoms with E-state index in [0.717, 1.165) is 6.42 Å². The van der Waals surface area contributed by atoms with E-state index in [1.807, 2.05) is 0 Å². The van der Waals surface area contributed by atoms with E-state index < -0.39 is 5.97 Å². The number of aromatic carboxylic acids is 1. The number of carboxylic acid groups (broad SMARTS) is 1. The molecule has 0 atom stereocenters. The molecule has 7 heteroatoms. The van der Waals surface area contributed by atoms with E-state index in [1.165, 1.54) is 12.1 Å². The number of carbonyl (C=O) groups excluding carboxylic acids is 1. The molecule has 0 spiro atoms. The number of nitrogens with two attached hydrogens (primary N) is 1. The molecule has 0 aliphatic carbocycles. The smallest absolute Gasteiger partial charge is 0.335 e. The maximum absolute atomic E-state index is 10.8. The van der Waals surface area contributed by atoms with Gasteiger partial charge < -0.3 is 16.2 Å². The Hall–Kier alpha value is -1.82. The number of pyridine rings is 1. The minimum atomic E-state index is -1.06. The Kier molecular flexibility index (Phi) is 5.38. The van der Waals surface area contributed by atoms with Gasteiger partial charge in [0.15, 0.2) is 0 Å². The highest BCUT2D eigenvalue weighted by Gasteiger charge is 2.07. The van der Waals surface area contributed by atoms with Crippen LogP contribution in [0.1, 0.15) is 29.6 Å². The van der Waals surface area contributed by atoms with Crippen LogP contribution in [0, 0.1) is 0 Å². The number of hydrogen-bond acceptors (Lipinski definition) is 4. The molecule has 1 rings (SSSR count). The summed E-state index contributed by atoms with van der Waals surface area (Å²) in [5, 5.41) is 11.9. The molecular weight excluding hydrogens is 258 g/mol. The highest BCUT2D eigenvalue weighted by Crippen LogP contribution is 2.14. The second-order valence-corrected chi connectivity index (χ2v) is 4.11. The van der Waals surface area contributed by atoms with E-state index in [4.69, 9.17) is 22.4 Å². The number of anilines is 1. The third kappa shape index (κ3) is 5.01. The summed E-state index contributed by atoms with van der Waals surface area (Å²) in [5.41, 5.74) is 5.08. The molecule has 0 fully saturated rings. The van der Waals surface area contributed by atoms with Crippen LogP contribution >= 0.6 is 11.6 Å². The number of carbonyl (C=O) groups is 2. The number of aromatic nitrogens is 1. The predicted octanol–water partition coefficient (Wildman–Crippen LogP) is 1.50. The van der Waals surface area contributed by atoms with Gasteiger partial charge in [-0.25, -0.2) is 9.78 Å². The Morgan fingerprint density at radius 2 is 2.11 bits per heavy atom. The molecule has 6 nitrogen and oxygen atoms in total. The molecule has 4 N–H and O–H groups in total. The number of hydrogen-bond donors (Lipinski definition) is 3. The van der Waals surface area contributed by atoms with Gasteiger partial charge in [-0.15, -0.1) is 0 Å². The molecule has 1 aromatic rings. The van der Waals surface area contributed by atoms with Crippen LogP contribution in [0.15, 0.2) is 12.1 Å². The van der Waals surface area contributed by atoms with Crippen LogP contribution < -0.4 is 11.1 Å². The Bertz CT molecular complexity index is 451. The lowest BCUT2D eigenvalue weighted by atomic mass is 10.2. The molecule has 0 saturated heterocycles. The summed E-state index contributed by atoms with van der Waals surface area (Å²) in [6.07, 6.45) is 1.75.